The average Bonchev–Trinajstić information content (AvgIpc) is 3.06. The fourth-order valence-corrected chi connectivity index (χ4v) is 5.47. The number of nitrogens with zero attached hydrogens (tertiary/aromatic N) is 1. The molecule has 0 radical (unpaired) electrons. The van der Waals surface area contributed by atoms with E-state index in [1.165, 1.54) is 4.31 Å². The van der Waals surface area contributed by atoms with Gasteiger partial charge in [-0.2, -0.15) is 0 Å². The van der Waals surface area contributed by atoms with Crippen LogP contribution in [0.4, 0.5) is 11.4 Å². The molecule has 5 nitrogen and oxygen atoms in total. The van der Waals surface area contributed by atoms with E-state index in [-0.39, 0.29) is 16.8 Å². The molecule has 0 fully saturated rings. The zero-order valence-corrected chi connectivity index (χ0v) is 17.2. The van der Waals surface area contributed by atoms with Crippen LogP contribution in [-0.4, -0.2) is 20.4 Å². The van der Waals surface area contributed by atoms with Crippen LogP contribution < -0.4 is 9.62 Å². The SMILES string of the molecule is C[C@@H]1Cc2cc(C(=O)Nc3ccccc3Cl)ccc2N1S(=O)(=O)c1ccccc1. The number of carbonyl (C=O) groups excluding carboxylic acids is 1. The lowest BCUT2D eigenvalue weighted by molar-refractivity contribution is 0.102. The highest BCUT2D eigenvalue weighted by Gasteiger charge is 2.36. The smallest absolute Gasteiger partial charge is 0.264 e. The summed E-state index contributed by atoms with van der Waals surface area (Å²) in [5, 5.41) is 3.25. The first kappa shape index (κ1) is 19.5. The van der Waals surface area contributed by atoms with Crippen LogP contribution >= 0.6 is 11.6 Å². The van der Waals surface area contributed by atoms with Gasteiger partial charge in [0.15, 0.2) is 0 Å². The largest absolute Gasteiger partial charge is 0.321 e. The van der Waals surface area contributed by atoms with Crippen molar-refractivity contribution in [3.8, 4) is 0 Å². The van der Waals surface area contributed by atoms with E-state index in [1.54, 1.807) is 72.8 Å². The van der Waals surface area contributed by atoms with Crippen LogP contribution in [0.15, 0.2) is 77.7 Å². The van der Waals surface area contributed by atoms with E-state index in [1.807, 2.05) is 6.92 Å². The second kappa shape index (κ2) is 7.54. The van der Waals surface area contributed by atoms with Crippen molar-refractivity contribution in [3.05, 3.63) is 88.9 Å². The number of hydrogen-bond donors (Lipinski definition) is 1. The van der Waals surface area contributed by atoms with Gasteiger partial charge >= 0.3 is 0 Å². The van der Waals surface area contributed by atoms with Gasteiger partial charge in [-0.25, -0.2) is 8.42 Å². The Kier molecular flexibility index (Phi) is 5.06. The van der Waals surface area contributed by atoms with Crippen LogP contribution in [0.2, 0.25) is 5.02 Å². The third-order valence-corrected chi connectivity index (χ3v) is 7.19. The van der Waals surface area contributed by atoms with Crippen molar-refractivity contribution in [2.45, 2.75) is 24.3 Å². The van der Waals surface area contributed by atoms with E-state index in [4.69, 9.17) is 11.6 Å². The minimum Gasteiger partial charge on any atom is -0.321 e. The van der Waals surface area contributed by atoms with Crippen LogP contribution in [0.25, 0.3) is 0 Å². The number of hydrogen-bond acceptors (Lipinski definition) is 3. The Bertz CT molecular complexity index is 1180. The van der Waals surface area contributed by atoms with Crippen LogP contribution in [0, 0.1) is 0 Å². The van der Waals surface area contributed by atoms with Crippen molar-refractivity contribution >= 4 is 38.9 Å². The average molecular weight is 427 g/mol. The van der Waals surface area contributed by atoms with Crippen molar-refractivity contribution in [1.29, 1.82) is 0 Å². The molecule has 1 aliphatic rings. The molecule has 0 unspecified atom stereocenters. The molecule has 3 aromatic carbocycles. The molecule has 3 aromatic rings. The number of halogens is 1. The van der Waals surface area contributed by atoms with Crippen LogP contribution in [-0.2, 0) is 16.4 Å². The van der Waals surface area contributed by atoms with Crippen molar-refractivity contribution in [2.75, 3.05) is 9.62 Å². The van der Waals surface area contributed by atoms with E-state index in [0.29, 0.717) is 28.4 Å². The molecular weight excluding hydrogens is 408 g/mol. The van der Waals surface area contributed by atoms with E-state index < -0.39 is 10.0 Å². The van der Waals surface area contributed by atoms with Crippen LogP contribution in [0.1, 0.15) is 22.8 Å². The summed E-state index contributed by atoms with van der Waals surface area (Å²) >= 11 is 6.11. The maximum absolute atomic E-state index is 13.1. The maximum Gasteiger partial charge on any atom is 0.264 e. The Morgan fingerprint density at radius 2 is 1.72 bits per heavy atom. The Labute approximate surface area is 175 Å². The summed E-state index contributed by atoms with van der Waals surface area (Å²) in [4.78, 5) is 12.9. The lowest BCUT2D eigenvalue weighted by atomic mass is 10.1. The summed E-state index contributed by atoms with van der Waals surface area (Å²) in [6.45, 7) is 1.87. The van der Waals surface area contributed by atoms with Gasteiger partial charge in [-0.3, -0.25) is 9.10 Å². The van der Waals surface area contributed by atoms with E-state index in [0.717, 1.165) is 5.56 Å². The number of amides is 1. The Morgan fingerprint density at radius 3 is 2.45 bits per heavy atom. The first-order chi connectivity index (χ1) is 13.9. The number of anilines is 2. The standard InChI is InChI=1S/C22H19ClN2O3S/c1-15-13-17-14-16(22(26)24-20-10-6-5-9-19(20)23)11-12-21(17)25(15)29(27,28)18-7-3-2-4-8-18/h2-12,14-15H,13H2,1H3,(H,24,26)/t15-/m1/s1. The molecule has 4 rings (SSSR count). The third kappa shape index (κ3) is 3.61. The molecule has 1 amide bonds. The third-order valence-electron chi connectivity index (χ3n) is 4.92. The number of nitrogens with one attached hydrogen (secondary N) is 1. The first-order valence-corrected chi connectivity index (χ1v) is 11.0. The number of para-hydroxylation sites is 1. The highest BCUT2D eigenvalue weighted by molar-refractivity contribution is 7.92. The van der Waals surface area contributed by atoms with Gasteiger partial charge in [0, 0.05) is 11.6 Å². The number of sulfonamides is 1. The summed E-state index contributed by atoms with van der Waals surface area (Å²) in [5.41, 5.74) is 2.41. The molecule has 29 heavy (non-hydrogen) atoms. The second-order valence-corrected chi connectivity index (χ2v) is 9.17. The van der Waals surface area contributed by atoms with Gasteiger partial charge in [-0.1, -0.05) is 41.9 Å². The van der Waals surface area contributed by atoms with Gasteiger partial charge in [0.25, 0.3) is 15.9 Å². The zero-order chi connectivity index (χ0) is 20.6. The zero-order valence-electron chi connectivity index (χ0n) is 15.7. The minimum absolute atomic E-state index is 0.239. The predicted molar refractivity (Wildman–Crippen MR) is 115 cm³/mol. The molecule has 0 aliphatic carbocycles. The topological polar surface area (TPSA) is 66.5 Å². The molecule has 1 atom stereocenters. The number of benzene rings is 3. The molecule has 0 aromatic heterocycles. The number of rotatable bonds is 4. The summed E-state index contributed by atoms with van der Waals surface area (Å²) in [6.07, 6.45) is 0.536. The van der Waals surface area contributed by atoms with E-state index in [2.05, 4.69) is 5.32 Å². The Hall–Kier alpha value is -2.83. The molecule has 7 heteroatoms. The van der Waals surface area contributed by atoms with E-state index in [9.17, 15) is 13.2 Å². The van der Waals surface area contributed by atoms with Crippen LogP contribution in [0.3, 0.4) is 0 Å². The Balaban J connectivity index is 1.65. The monoisotopic (exact) mass is 426 g/mol. The summed E-state index contributed by atoms with van der Waals surface area (Å²) in [6, 6.07) is 20.2. The molecule has 1 aliphatic heterocycles. The quantitative estimate of drug-likeness (QED) is 0.655. The first-order valence-electron chi connectivity index (χ1n) is 9.16. The summed E-state index contributed by atoms with van der Waals surface area (Å²) in [5.74, 6) is -0.294. The van der Waals surface area contributed by atoms with Gasteiger partial charge in [-0.05, 0) is 61.4 Å². The Morgan fingerprint density at radius 1 is 1.03 bits per heavy atom. The lowest BCUT2D eigenvalue weighted by Gasteiger charge is -2.24. The minimum atomic E-state index is -3.67. The molecule has 1 heterocycles. The highest BCUT2D eigenvalue weighted by atomic mass is 35.5. The predicted octanol–water partition coefficient (Wildman–Crippen LogP) is 4.73. The fourth-order valence-electron chi connectivity index (χ4n) is 3.57. The molecule has 0 saturated heterocycles. The number of carbonyl (C=O) groups is 1. The maximum atomic E-state index is 13.1. The fraction of sp³-hybridized carbons (Fsp3) is 0.136. The van der Waals surface area contributed by atoms with Crippen molar-refractivity contribution in [1.82, 2.24) is 0 Å². The van der Waals surface area contributed by atoms with E-state index >= 15 is 0 Å². The number of fused-ring (bicyclic) bond motifs is 1. The van der Waals surface area contributed by atoms with Gasteiger partial charge < -0.3 is 5.32 Å². The normalized spacial score (nSPS) is 15.8. The highest BCUT2D eigenvalue weighted by Crippen LogP contribution is 2.37. The van der Waals surface area contributed by atoms with Crippen molar-refractivity contribution < 1.29 is 13.2 Å². The molecule has 0 spiro atoms. The summed E-state index contributed by atoms with van der Waals surface area (Å²) < 4.78 is 27.7. The van der Waals surface area contributed by atoms with Gasteiger partial charge in [0.05, 0.1) is 21.3 Å². The molecule has 0 saturated carbocycles. The molecule has 0 bridgehead atoms. The second-order valence-electron chi connectivity index (χ2n) is 6.94. The van der Waals surface area contributed by atoms with Gasteiger partial charge in [0.1, 0.15) is 0 Å². The molecule has 148 valence electrons. The molecular formula is C22H19ClN2O3S. The summed E-state index contributed by atoms with van der Waals surface area (Å²) in [7, 11) is -3.67. The van der Waals surface area contributed by atoms with Crippen LogP contribution in [0.5, 0.6) is 0 Å². The molecule has 1 N–H and O–H groups in total. The lowest BCUT2D eigenvalue weighted by Crippen LogP contribution is -2.35. The van der Waals surface area contributed by atoms with Crippen molar-refractivity contribution in [2.24, 2.45) is 0 Å². The van der Waals surface area contributed by atoms with Crippen molar-refractivity contribution in [3.63, 3.8) is 0 Å². The van der Waals surface area contributed by atoms with Gasteiger partial charge in [-0.15, -0.1) is 0 Å². The van der Waals surface area contributed by atoms with Gasteiger partial charge in [0.2, 0.25) is 0 Å².